The van der Waals surface area contributed by atoms with Crippen LogP contribution in [-0.4, -0.2) is 40.4 Å². The lowest BCUT2D eigenvalue weighted by molar-refractivity contribution is 0.142. The summed E-state index contributed by atoms with van der Waals surface area (Å²) in [6.07, 6.45) is 7.00. The van der Waals surface area contributed by atoms with Crippen LogP contribution in [0.3, 0.4) is 0 Å². The molecule has 1 aromatic rings. The fraction of sp³-hybridized carbons (Fsp3) is 0.812. The van der Waals surface area contributed by atoms with Crippen molar-refractivity contribution in [2.45, 2.75) is 65.1 Å². The summed E-state index contributed by atoms with van der Waals surface area (Å²) in [4.78, 5) is 2.60. The third-order valence-electron chi connectivity index (χ3n) is 4.44. The van der Waals surface area contributed by atoms with Crippen LogP contribution in [0.4, 0.5) is 0 Å². The van der Waals surface area contributed by atoms with Crippen LogP contribution in [0, 0.1) is 0 Å². The van der Waals surface area contributed by atoms with Gasteiger partial charge in [0.25, 0.3) is 0 Å². The van der Waals surface area contributed by atoms with Gasteiger partial charge in [-0.2, -0.15) is 5.10 Å². The van der Waals surface area contributed by atoms with Crippen LogP contribution in [0.15, 0.2) is 12.3 Å². The normalized spacial score (nSPS) is 20.7. The van der Waals surface area contributed by atoms with Crippen molar-refractivity contribution in [3.8, 4) is 0 Å². The maximum Gasteiger partial charge on any atom is 0.0765 e. The SMILES string of the molecule is CCCC1CNCCN1Cc1ccn(C(CC)CC)n1. The fourth-order valence-electron chi connectivity index (χ4n) is 3.16. The molecule has 0 amide bonds. The molecule has 4 heteroatoms. The first-order chi connectivity index (χ1) is 9.78. The van der Waals surface area contributed by atoms with E-state index in [9.17, 15) is 0 Å². The Hall–Kier alpha value is -0.870. The minimum Gasteiger partial charge on any atom is -0.314 e. The van der Waals surface area contributed by atoms with Gasteiger partial charge in [-0.15, -0.1) is 0 Å². The molecule has 0 bridgehead atoms. The van der Waals surface area contributed by atoms with Crippen molar-refractivity contribution in [2.75, 3.05) is 19.6 Å². The molecule has 0 spiro atoms. The van der Waals surface area contributed by atoms with Gasteiger partial charge >= 0.3 is 0 Å². The second-order valence-corrected chi connectivity index (χ2v) is 5.87. The van der Waals surface area contributed by atoms with Gasteiger partial charge in [-0.25, -0.2) is 0 Å². The van der Waals surface area contributed by atoms with Gasteiger partial charge in [0.15, 0.2) is 0 Å². The van der Waals surface area contributed by atoms with Crippen LogP contribution in [0.2, 0.25) is 0 Å². The van der Waals surface area contributed by atoms with E-state index in [-0.39, 0.29) is 0 Å². The number of hydrogen-bond donors (Lipinski definition) is 1. The summed E-state index contributed by atoms with van der Waals surface area (Å²) >= 11 is 0. The van der Waals surface area contributed by atoms with Crippen molar-refractivity contribution >= 4 is 0 Å². The molecule has 1 aliphatic rings. The van der Waals surface area contributed by atoms with Crippen molar-refractivity contribution in [3.05, 3.63) is 18.0 Å². The van der Waals surface area contributed by atoms with E-state index < -0.39 is 0 Å². The maximum absolute atomic E-state index is 4.80. The zero-order valence-corrected chi connectivity index (χ0v) is 13.3. The van der Waals surface area contributed by atoms with E-state index in [0.717, 1.165) is 39.0 Å². The first kappa shape index (κ1) is 15.5. The third-order valence-corrected chi connectivity index (χ3v) is 4.44. The fourth-order valence-corrected chi connectivity index (χ4v) is 3.16. The smallest absolute Gasteiger partial charge is 0.0765 e. The molecule has 1 fully saturated rings. The number of piperazine rings is 1. The van der Waals surface area contributed by atoms with Crippen LogP contribution < -0.4 is 5.32 Å². The highest BCUT2D eigenvalue weighted by Crippen LogP contribution is 2.17. The van der Waals surface area contributed by atoms with Crippen LogP contribution in [0.1, 0.15) is 58.2 Å². The summed E-state index contributed by atoms with van der Waals surface area (Å²) in [6, 6.07) is 3.42. The molecule has 0 aromatic carbocycles. The molecule has 1 N–H and O–H groups in total. The molecule has 114 valence electrons. The average Bonchev–Trinajstić information content (AvgIpc) is 2.91. The third kappa shape index (κ3) is 3.83. The van der Waals surface area contributed by atoms with Gasteiger partial charge in [0.05, 0.1) is 11.7 Å². The molecule has 4 nitrogen and oxygen atoms in total. The molecule has 1 saturated heterocycles. The monoisotopic (exact) mass is 278 g/mol. The van der Waals surface area contributed by atoms with Gasteiger partial charge in [0.2, 0.25) is 0 Å². The van der Waals surface area contributed by atoms with E-state index in [2.05, 4.69) is 47.9 Å². The van der Waals surface area contributed by atoms with Crippen molar-refractivity contribution in [2.24, 2.45) is 0 Å². The molecular weight excluding hydrogens is 248 g/mol. The summed E-state index contributed by atoms with van der Waals surface area (Å²) in [5.41, 5.74) is 1.22. The topological polar surface area (TPSA) is 33.1 Å². The van der Waals surface area contributed by atoms with Gasteiger partial charge < -0.3 is 5.32 Å². The highest BCUT2D eigenvalue weighted by atomic mass is 15.3. The Bertz CT molecular complexity index is 382. The predicted octanol–water partition coefficient (Wildman–Crippen LogP) is 2.82. The Kier molecular flexibility index (Phi) is 6.05. The highest BCUT2D eigenvalue weighted by Gasteiger charge is 2.22. The number of nitrogens with one attached hydrogen (secondary N) is 1. The van der Waals surface area contributed by atoms with Gasteiger partial charge in [0, 0.05) is 38.4 Å². The summed E-state index contributed by atoms with van der Waals surface area (Å²) in [5, 5.41) is 8.31. The Morgan fingerprint density at radius 2 is 2.15 bits per heavy atom. The lowest BCUT2D eigenvalue weighted by atomic mass is 10.1. The van der Waals surface area contributed by atoms with Crippen LogP contribution in [-0.2, 0) is 6.54 Å². The molecule has 1 aromatic heterocycles. The van der Waals surface area contributed by atoms with E-state index in [1.165, 1.54) is 18.5 Å². The summed E-state index contributed by atoms with van der Waals surface area (Å²) in [6.45, 7) is 11.1. The van der Waals surface area contributed by atoms with Gasteiger partial charge in [-0.3, -0.25) is 9.58 Å². The van der Waals surface area contributed by atoms with Gasteiger partial charge in [-0.1, -0.05) is 27.2 Å². The Balaban J connectivity index is 1.97. The standard InChI is InChI=1S/C16H30N4/c1-4-7-16-12-17-9-11-19(16)13-14-8-10-20(18-14)15(5-2)6-3/h8,10,15-17H,4-7,9,11-13H2,1-3H3. The second-order valence-electron chi connectivity index (χ2n) is 5.87. The largest absolute Gasteiger partial charge is 0.314 e. The van der Waals surface area contributed by atoms with Crippen LogP contribution in [0.25, 0.3) is 0 Å². The summed E-state index contributed by atoms with van der Waals surface area (Å²) in [5.74, 6) is 0. The quantitative estimate of drug-likeness (QED) is 0.832. The molecule has 20 heavy (non-hydrogen) atoms. The molecule has 0 aliphatic carbocycles. The molecule has 1 unspecified atom stereocenters. The zero-order chi connectivity index (χ0) is 14.4. The lowest BCUT2D eigenvalue weighted by Crippen LogP contribution is -2.50. The number of rotatable bonds is 7. The van der Waals surface area contributed by atoms with Crippen LogP contribution in [0.5, 0.6) is 0 Å². The molecular formula is C16H30N4. The first-order valence-corrected chi connectivity index (χ1v) is 8.27. The molecule has 2 heterocycles. The first-order valence-electron chi connectivity index (χ1n) is 8.27. The van der Waals surface area contributed by atoms with Crippen molar-refractivity contribution in [3.63, 3.8) is 0 Å². The minimum absolute atomic E-state index is 0.554. The van der Waals surface area contributed by atoms with Gasteiger partial charge in [-0.05, 0) is 25.3 Å². The van der Waals surface area contributed by atoms with E-state index in [1.807, 2.05) is 0 Å². The Morgan fingerprint density at radius 3 is 2.85 bits per heavy atom. The number of hydrogen-bond acceptors (Lipinski definition) is 3. The van der Waals surface area contributed by atoms with Crippen molar-refractivity contribution in [1.29, 1.82) is 0 Å². The zero-order valence-electron chi connectivity index (χ0n) is 13.3. The van der Waals surface area contributed by atoms with Gasteiger partial charge in [0.1, 0.15) is 0 Å². The summed E-state index contributed by atoms with van der Waals surface area (Å²) < 4.78 is 2.16. The second kappa shape index (κ2) is 7.79. The number of aromatic nitrogens is 2. The molecule has 0 radical (unpaired) electrons. The van der Waals surface area contributed by atoms with Crippen molar-refractivity contribution < 1.29 is 0 Å². The van der Waals surface area contributed by atoms with E-state index >= 15 is 0 Å². The van der Waals surface area contributed by atoms with E-state index in [1.54, 1.807) is 0 Å². The molecule has 0 saturated carbocycles. The van der Waals surface area contributed by atoms with E-state index in [0.29, 0.717) is 12.1 Å². The maximum atomic E-state index is 4.80. The predicted molar refractivity (Wildman–Crippen MR) is 83.8 cm³/mol. The Morgan fingerprint density at radius 1 is 1.35 bits per heavy atom. The Labute approximate surface area is 123 Å². The molecule has 2 rings (SSSR count). The lowest BCUT2D eigenvalue weighted by Gasteiger charge is -2.35. The number of nitrogens with zero attached hydrogens (tertiary/aromatic N) is 3. The van der Waals surface area contributed by atoms with E-state index in [4.69, 9.17) is 5.10 Å². The minimum atomic E-state index is 0.554. The highest BCUT2D eigenvalue weighted by molar-refractivity contribution is 5.01. The molecule has 1 aliphatic heterocycles. The summed E-state index contributed by atoms with van der Waals surface area (Å²) in [7, 11) is 0. The van der Waals surface area contributed by atoms with Crippen LogP contribution >= 0.6 is 0 Å². The molecule has 1 atom stereocenters. The average molecular weight is 278 g/mol. The van der Waals surface area contributed by atoms with Crippen molar-refractivity contribution in [1.82, 2.24) is 20.0 Å².